The van der Waals surface area contributed by atoms with E-state index in [9.17, 15) is 9.59 Å². The van der Waals surface area contributed by atoms with Crippen LogP contribution in [0, 0.1) is 11.8 Å². The first-order chi connectivity index (χ1) is 18.8. The fourth-order valence-electron chi connectivity index (χ4n) is 5.66. The van der Waals surface area contributed by atoms with Crippen LogP contribution in [0.5, 0.6) is 0 Å². The molecule has 198 valence electrons. The molecule has 2 aromatic carbocycles. The molecule has 0 spiro atoms. The van der Waals surface area contributed by atoms with Crippen molar-refractivity contribution < 1.29 is 14.3 Å². The van der Waals surface area contributed by atoms with Crippen LogP contribution in [0.3, 0.4) is 0 Å². The minimum atomic E-state index is -0.226. The van der Waals surface area contributed by atoms with Gasteiger partial charge in [0.2, 0.25) is 0 Å². The number of nitrogen functional groups attached to an aromatic ring is 1. The topological polar surface area (TPSA) is 115 Å². The van der Waals surface area contributed by atoms with Crippen molar-refractivity contribution in [1.82, 2.24) is 19.4 Å². The molecule has 0 radical (unpaired) electrons. The Kier molecular flexibility index (Phi) is 6.15. The van der Waals surface area contributed by atoms with E-state index in [1.165, 1.54) is 6.33 Å². The van der Waals surface area contributed by atoms with Gasteiger partial charge in [-0.1, -0.05) is 30.8 Å². The van der Waals surface area contributed by atoms with Crippen LogP contribution in [-0.2, 0) is 16.6 Å². The van der Waals surface area contributed by atoms with E-state index in [0.29, 0.717) is 40.1 Å². The van der Waals surface area contributed by atoms with Gasteiger partial charge in [0.1, 0.15) is 17.8 Å². The fraction of sp³-hybridized carbons (Fsp3) is 0.267. The summed E-state index contributed by atoms with van der Waals surface area (Å²) in [6, 6.07) is 15.3. The van der Waals surface area contributed by atoms with Gasteiger partial charge in [-0.3, -0.25) is 9.59 Å². The summed E-state index contributed by atoms with van der Waals surface area (Å²) >= 11 is 0. The van der Waals surface area contributed by atoms with E-state index in [2.05, 4.69) is 21.9 Å². The monoisotopic (exact) mass is 522 g/mol. The summed E-state index contributed by atoms with van der Waals surface area (Å²) in [5, 5.41) is 3.59. The molecule has 2 aliphatic heterocycles. The summed E-state index contributed by atoms with van der Waals surface area (Å²) in [5.74, 6) is 1.08. The normalized spacial score (nSPS) is 18.4. The van der Waals surface area contributed by atoms with Gasteiger partial charge in [-0.05, 0) is 42.3 Å². The Balaban J connectivity index is 1.37. The summed E-state index contributed by atoms with van der Waals surface area (Å²) in [6.07, 6.45) is 1.46. The number of anilines is 2. The van der Waals surface area contributed by atoms with Crippen molar-refractivity contribution in [1.29, 1.82) is 0 Å². The van der Waals surface area contributed by atoms with Crippen LogP contribution >= 0.6 is 0 Å². The number of carbonyl (C=O) groups excluding carboxylic acids is 2. The highest BCUT2D eigenvalue weighted by atomic mass is 16.5. The van der Waals surface area contributed by atoms with Gasteiger partial charge in [-0.25, -0.2) is 9.97 Å². The molecule has 4 heterocycles. The molecule has 0 bridgehead atoms. The summed E-state index contributed by atoms with van der Waals surface area (Å²) < 4.78 is 7.55. The molecule has 2 saturated heterocycles. The molecule has 9 heteroatoms. The quantitative estimate of drug-likeness (QED) is 0.381. The van der Waals surface area contributed by atoms with Crippen LogP contribution in [0.4, 0.5) is 11.5 Å². The van der Waals surface area contributed by atoms with Gasteiger partial charge < -0.3 is 25.3 Å². The van der Waals surface area contributed by atoms with Crippen molar-refractivity contribution in [2.45, 2.75) is 6.92 Å². The number of likely N-dealkylation sites (tertiary alicyclic amines) is 1. The van der Waals surface area contributed by atoms with E-state index in [4.69, 9.17) is 10.5 Å². The van der Waals surface area contributed by atoms with E-state index in [-0.39, 0.29) is 11.8 Å². The van der Waals surface area contributed by atoms with Crippen LogP contribution < -0.4 is 11.1 Å². The molecule has 9 nitrogen and oxygen atoms in total. The zero-order chi connectivity index (χ0) is 27.3. The van der Waals surface area contributed by atoms with Crippen LogP contribution in [0.1, 0.15) is 17.3 Å². The van der Waals surface area contributed by atoms with Gasteiger partial charge in [0.15, 0.2) is 0 Å². The van der Waals surface area contributed by atoms with Crippen LogP contribution in [0.15, 0.2) is 67.0 Å². The lowest BCUT2D eigenvalue weighted by Gasteiger charge is -2.17. The zero-order valence-corrected chi connectivity index (χ0v) is 22.0. The van der Waals surface area contributed by atoms with Crippen molar-refractivity contribution >= 4 is 34.4 Å². The van der Waals surface area contributed by atoms with E-state index < -0.39 is 0 Å². The minimum Gasteiger partial charge on any atom is -0.383 e. The van der Waals surface area contributed by atoms with Crippen molar-refractivity contribution in [3.8, 4) is 22.4 Å². The maximum Gasteiger partial charge on any atom is 0.253 e. The number of carbonyl (C=O) groups is 2. The molecule has 0 saturated carbocycles. The Morgan fingerprint density at radius 2 is 1.64 bits per heavy atom. The molecular weight excluding hydrogens is 492 g/mol. The maximum atomic E-state index is 13.2. The molecule has 2 amide bonds. The van der Waals surface area contributed by atoms with Gasteiger partial charge in [0.25, 0.3) is 11.8 Å². The highest BCUT2D eigenvalue weighted by Gasteiger charge is 2.39. The highest BCUT2D eigenvalue weighted by molar-refractivity contribution is 6.08. The van der Waals surface area contributed by atoms with Crippen LogP contribution in [-0.4, -0.2) is 57.6 Å². The number of fused-ring (bicyclic) bond motifs is 2. The minimum absolute atomic E-state index is 0.0457. The Hall–Kier alpha value is -4.50. The third-order valence-electron chi connectivity index (χ3n) is 7.75. The van der Waals surface area contributed by atoms with Crippen molar-refractivity contribution in [2.75, 3.05) is 37.4 Å². The summed E-state index contributed by atoms with van der Waals surface area (Å²) in [6.45, 7) is 8.32. The van der Waals surface area contributed by atoms with E-state index >= 15 is 0 Å². The van der Waals surface area contributed by atoms with Crippen LogP contribution in [0.25, 0.3) is 33.4 Å². The second-order valence-corrected chi connectivity index (χ2v) is 10.4. The van der Waals surface area contributed by atoms with Crippen LogP contribution in [0.2, 0.25) is 0 Å². The number of nitrogens with zero attached hydrogens (tertiary/aromatic N) is 4. The van der Waals surface area contributed by atoms with E-state index in [1.54, 1.807) is 6.92 Å². The first-order valence-corrected chi connectivity index (χ1v) is 13.0. The highest BCUT2D eigenvalue weighted by Crippen LogP contribution is 2.42. The van der Waals surface area contributed by atoms with Crippen molar-refractivity contribution in [3.63, 3.8) is 0 Å². The molecule has 6 rings (SSSR count). The van der Waals surface area contributed by atoms with Gasteiger partial charge >= 0.3 is 0 Å². The van der Waals surface area contributed by atoms with Crippen molar-refractivity contribution in [3.05, 3.63) is 72.6 Å². The SMILES string of the molecule is C=C(C)C(=O)Nc1ccc(-c2c(-c3ccc(C(=O)N4CC5COCC5C4)cc3)c3c(N)ncnc3n2C)cc1. The largest absolute Gasteiger partial charge is 0.383 e. The van der Waals surface area contributed by atoms with Gasteiger partial charge in [-0.2, -0.15) is 0 Å². The number of hydrogen-bond acceptors (Lipinski definition) is 6. The second kappa shape index (κ2) is 9.67. The summed E-state index contributed by atoms with van der Waals surface area (Å²) in [7, 11) is 1.94. The molecule has 4 aromatic rings. The zero-order valence-electron chi connectivity index (χ0n) is 22.0. The number of ether oxygens (including phenoxy) is 1. The smallest absolute Gasteiger partial charge is 0.253 e. The lowest BCUT2D eigenvalue weighted by atomic mass is 9.97. The Morgan fingerprint density at radius 3 is 2.28 bits per heavy atom. The van der Waals surface area contributed by atoms with E-state index in [1.807, 2.05) is 65.0 Å². The standard InChI is InChI=1S/C30H30N6O3/c1-17(2)29(37)34-23-10-8-19(9-11-23)26-24(25-27(31)32-16-33-28(25)35(26)3)18-4-6-20(7-5-18)30(38)36-12-21-14-39-15-22(21)13-36/h4-11,16,21-22H,1,12-15H2,2-3H3,(H,34,37)(H2,31,32,33). The fourth-order valence-corrected chi connectivity index (χ4v) is 5.66. The molecule has 2 unspecified atom stereocenters. The third kappa shape index (κ3) is 4.34. The van der Waals surface area contributed by atoms with Gasteiger partial charge in [-0.15, -0.1) is 0 Å². The maximum absolute atomic E-state index is 13.2. The number of benzene rings is 2. The van der Waals surface area contributed by atoms with Crippen molar-refractivity contribution in [2.24, 2.45) is 18.9 Å². The average molecular weight is 523 g/mol. The van der Waals surface area contributed by atoms with E-state index in [0.717, 1.165) is 54.1 Å². The second-order valence-electron chi connectivity index (χ2n) is 10.4. The number of amides is 2. The summed E-state index contributed by atoms with van der Waals surface area (Å²) in [5.41, 5.74) is 12.5. The molecular formula is C30H30N6O3. The molecule has 2 aromatic heterocycles. The lowest BCUT2D eigenvalue weighted by Crippen LogP contribution is -2.30. The Bertz CT molecular complexity index is 1590. The molecule has 2 aliphatic rings. The number of aromatic nitrogens is 3. The first kappa shape index (κ1) is 24.8. The molecule has 3 N–H and O–H groups in total. The van der Waals surface area contributed by atoms with Gasteiger partial charge in [0.05, 0.1) is 24.3 Å². The third-order valence-corrected chi connectivity index (χ3v) is 7.75. The predicted octanol–water partition coefficient (Wildman–Crippen LogP) is 4.12. The predicted molar refractivity (Wildman–Crippen MR) is 151 cm³/mol. The number of nitrogens with one attached hydrogen (secondary N) is 1. The molecule has 0 aliphatic carbocycles. The van der Waals surface area contributed by atoms with Gasteiger partial charge in [0, 0.05) is 54.4 Å². The Morgan fingerprint density at radius 1 is 1.00 bits per heavy atom. The first-order valence-electron chi connectivity index (χ1n) is 13.0. The molecule has 2 atom stereocenters. The number of hydrogen-bond donors (Lipinski definition) is 2. The molecule has 39 heavy (non-hydrogen) atoms. The lowest BCUT2D eigenvalue weighted by molar-refractivity contribution is -0.112. The number of rotatable bonds is 5. The average Bonchev–Trinajstić information content (AvgIpc) is 3.62. The number of nitrogens with two attached hydrogens (primary N) is 1. The Labute approximate surface area is 226 Å². The number of aryl methyl sites for hydroxylation is 1. The molecule has 2 fully saturated rings. The summed E-state index contributed by atoms with van der Waals surface area (Å²) in [4.78, 5) is 36.0.